The number of ether oxygens (including phenoxy) is 1. The number of fused-ring (bicyclic) bond motifs is 1. The molecule has 3 aromatic rings. The Hall–Kier alpha value is -2.33. The van der Waals surface area contributed by atoms with Crippen LogP contribution < -0.4 is 10.1 Å². The highest BCUT2D eigenvalue weighted by molar-refractivity contribution is 7.13. The van der Waals surface area contributed by atoms with Gasteiger partial charge >= 0.3 is 0 Å². The SMILES string of the molecule is c1ccc(-c2csc(-c3ccc4c(c3)NCCO4)n2)cc1. The van der Waals surface area contributed by atoms with E-state index in [2.05, 4.69) is 35.0 Å². The van der Waals surface area contributed by atoms with Crippen molar-refractivity contribution in [3.63, 3.8) is 0 Å². The monoisotopic (exact) mass is 294 g/mol. The number of rotatable bonds is 2. The van der Waals surface area contributed by atoms with Crippen LogP contribution in [0.15, 0.2) is 53.9 Å². The molecule has 1 aromatic heterocycles. The molecule has 1 aliphatic rings. The minimum Gasteiger partial charge on any atom is -0.490 e. The van der Waals surface area contributed by atoms with Crippen molar-refractivity contribution in [3.8, 4) is 27.6 Å². The summed E-state index contributed by atoms with van der Waals surface area (Å²) in [4.78, 5) is 4.75. The van der Waals surface area contributed by atoms with E-state index in [0.717, 1.165) is 46.4 Å². The lowest BCUT2D eigenvalue weighted by Gasteiger charge is -2.19. The lowest BCUT2D eigenvalue weighted by molar-refractivity contribution is 0.323. The van der Waals surface area contributed by atoms with Crippen LogP contribution in [0.25, 0.3) is 21.8 Å². The second-order valence-electron chi connectivity index (χ2n) is 4.89. The molecule has 0 saturated heterocycles. The minimum atomic E-state index is 0.724. The number of anilines is 1. The molecule has 4 heteroatoms. The van der Waals surface area contributed by atoms with Crippen molar-refractivity contribution in [2.24, 2.45) is 0 Å². The summed E-state index contributed by atoms with van der Waals surface area (Å²) >= 11 is 1.67. The highest BCUT2D eigenvalue weighted by Crippen LogP contribution is 2.34. The number of aromatic nitrogens is 1. The summed E-state index contributed by atoms with van der Waals surface area (Å²) in [7, 11) is 0. The van der Waals surface area contributed by atoms with Gasteiger partial charge in [-0.05, 0) is 18.2 Å². The van der Waals surface area contributed by atoms with Crippen LogP contribution in [-0.4, -0.2) is 18.1 Å². The first-order chi connectivity index (χ1) is 10.4. The summed E-state index contributed by atoms with van der Waals surface area (Å²) in [5.41, 5.74) is 4.35. The summed E-state index contributed by atoms with van der Waals surface area (Å²) < 4.78 is 5.61. The van der Waals surface area contributed by atoms with Crippen molar-refractivity contribution < 1.29 is 4.74 Å². The third kappa shape index (κ3) is 2.38. The smallest absolute Gasteiger partial charge is 0.142 e. The normalized spacial score (nSPS) is 13.1. The van der Waals surface area contributed by atoms with Gasteiger partial charge in [0.05, 0.1) is 11.4 Å². The van der Waals surface area contributed by atoms with E-state index in [9.17, 15) is 0 Å². The molecule has 0 spiro atoms. The van der Waals surface area contributed by atoms with Crippen molar-refractivity contribution in [2.75, 3.05) is 18.5 Å². The number of benzene rings is 2. The second-order valence-corrected chi connectivity index (χ2v) is 5.75. The van der Waals surface area contributed by atoms with E-state index in [0.29, 0.717) is 0 Å². The van der Waals surface area contributed by atoms with E-state index >= 15 is 0 Å². The van der Waals surface area contributed by atoms with Gasteiger partial charge in [0.25, 0.3) is 0 Å². The largest absolute Gasteiger partial charge is 0.490 e. The molecule has 2 aromatic carbocycles. The number of nitrogens with one attached hydrogen (secondary N) is 1. The highest BCUT2D eigenvalue weighted by atomic mass is 32.1. The van der Waals surface area contributed by atoms with Crippen LogP contribution in [-0.2, 0) is 0 Å². The molecule has 0 bridgehead atoms. The molecule has 0 fully saturated rings. The maximum Gasteiger partial charge on any atom is 0.142 e. The Kier molecular flexibility index (Phi) is 3.09. The Morgan fingerprint density at radius 3 is 2.86 bits per heavy atom. The van der Waals surface area contributed by atoms with E-state index in [4.69, 9.17) is 9.72 Å². The molecule has 0 atom stereocenters. The number of nitrogens with zero attached hydrogens (tertiary/aromatic N) is 1. The number of hydrogen-bond donors (Lipinski definition) is 1. The topological polar surface area (TPSA) is 34.1 Å². The predicted octanol–water partition coefficient (Wildman–Crippen LogP) is 4.28. The van der Waals surface area contributed by atoms with E-state index in [1.165, 1.54) is 0 Å². The van der Waals surface area contributed by atoms with Crippen LogP contribution in [0.5, 0.6) is 5.75 Å². The summed E-state index contributed by atoms with van der Waals surface area (Å²) in [5.74, 6) is 0.921. The lowest BCUT2D eigenvalue weighted by atomic mass is 10.1. The molecule has 21 heavy (non-hydrogen) atoms. The van der Waals surface area contributed by atoms with Gasteiger partial charge in [-0.2, -0.15) is 0 Å². The molecule has 104 valence electrons. The van der Waals surface area contributed by atoms with Crippen LogP contribution >= 0.6 is 11.3 Å². The average molecular weight is 294 g/mol. The van der Waals surface area contributed by atoms with Crippen molar-refractivity contribution in [3.05, 3.63) is 53.9 Å². The van der Waals surface area contributed by atoms with Crippen LogP contribution in [0.2, 0.25) is 0 Å². The fourth-order valence-electron chi connectivity index (χ4n) is 2.42. The Balaban J connectivity index is 1.70. The van der Waals surface area contributed by atoms with Gasteiger partial charge in [0.15, 0.2) is 0 Å². The molecular weight excluding hydrogens is 280 g/mol. The molecule has 1 N–H and O–H groups in total. The summed E-state index contributed by atoms with van der Waals surface area (Å²) in [6.07, 6.45) is 0. The zero-order chi connectivity index (χ0) is 14.1. The zero-order valence-electron chi connectivity index (χ0n) is 11.4. The van der Waals surface area contributed by atoms with Gasteiger partial charge < -0.3 is 10.1 Å². The first kappa shape index (κ1) is 12.4. The van der Waals surface area contributed by atoms with Gasteiger partial charge in [-0.3, -0.25) is 0 Å². The molecule has 0 unspecified atom stereocenters. The van der Waals surface area contributed by atoms with Crippen molar-refractivity contribution in [1.82, 2.24) is 4.98 Å². The van der Waals surface area contributed by atoms with Crippen molar-refractivity contribution >= 4 is 17.0 Å². The summed E-state index contributed by atoms with van der Waals surface area (Å²) in [6.45, 7) is 1.57. The lowest BCUT2D eigenvalue weighted by Crippen LogP contribution is -2.17. The Morgan fingerprint density at radius 2 is 1.95 bits per heavy atom. The van der Waals surface area contributed by atoms with Crippen LogP contribution in [0.4, 0.5) is 5.69 Å². The van der Waals surface area contributed by atoms with Gasteiger partial charge in [0.1, 0.15) is 17.4 Å². The molecule has 0 aliphatic carbocycles. The fraction of sp³-hybridized carbons (Fsp3) is 0.118. The third-order valence-corrected chi connectivity index (χ3v) is 4.37. The van der Waals surface area contributed by atoms with Crippen molar-refractivity contribution in [2.45, 2.75) is 0 Å². The Labute approximate surface area is 127 Å². The quantitative estimate of drug-likeness (QED) is 0.766. The Morgan fingerprint density at radius 1 is 1.05 bits per heavy atom. The molecule has 4 rings (SSSR count). The van der Waals surface area contributed by atoms with Gasteiger partial charge in [0.2, 0.25) is 0 Å². The van der Waals surface area contributed by atoms with E-state index in [-0.39, 0.29) is 0 Å². The number of hydrogen-bond acceptors (Lipinski definition) is 4. The zero-order valence-corrected chi connectivity index (χ0v) is 12.2. The van der Waals surface area contributed by atoms with Gasteiger partial charge in [0, 0.05) is 23.1 Å². The first-order valence-corrected chi connectivity index (χ1v) is 7.80. The predicted molar refractivity (Wildman–Crippen MR) is 87.0 cm³/mol. The molecule has 2 heterocycles. The minimum absolute atomic E-state index is 0.724. The highest BCUT2D eigenvalue weighted by Gasteiger charge is 2.12. The van der Waals surface area contributed by atoms with Gasteiger partial charge in [-0.15, -0.1) is 11.3 Å². The van der Waals surface area contributed by atoms with Crippen LogP contribution in [0, 0.1) is 0 Å². The van der Waals surface area contributed by atoms with Crippen LogP contribution in [0.1, 0.15) is 0 Å². The van der Waals surface area contributed by atoms with E-state index in [1.807, 2.05) is 24.3 Å². The molecule has 1 aliphatic heterocycles. The number of thiazole rings is 1. The summed E-state index contributed by atoms with van der Waals surface area (Å²) in [5, 5.41) is 6.50. The fourth-order valence-corrected chi connectivity index (χ4v) is 3.25. The maximum absolute atomic E-state index is 5.61. The van der Waals surface area contributed by atoms with Gasteiger partial charge in [-0.25, -0.2) is 4.98 Å². The third-order valence-electron chi connectivity index (χ3n) is 3.48. The maximum atomic E-state index is 5.61. The van der Waals surface area contributed by atoms with Crippen molar-refractivity contribution in [1.29, 1.82) is 0 Å². The first-order valence-electron chi connectivity index (χ1n) is 6.92. The van der Waals surface area contributed by atoms with E-state index in [1.54, 1.807) is 11.3 Å². The van der Waals surface area contributed by atoms with Gasteiger partial charge in [-0.1, -0.05) is 30.3 Å². The van der Waals surface area contributed by atoms with Crippen LogP contribution in [0.3, 0.4) is 0 Å². The van der Waals surface area contributed by atoms with E-state index < -0.39 is 0 Å². The Bertz CT molecular complexity index is 767. The molecule has 0 amide bonds. The molecular formula is C17H14N2OS. The second kappa shape index (κ2) is 5.22. The molecule has 0 radical (unpaired) electrons. The summed E-state index contributed by atoms with van der Waals surface area (Å²) in [6, 6.07) is 16.5. The molecule has 0 saturated carbocycles. The standard InChI is InChI=1S/C17H14N2OS/c1-2-4-12(5-3-1)15-11-21-17(19-15)13-6-7-16-14(10-13)18-8-9-20-16/h1-7,10-11,18H,8-9H2. The average Bonchev–Trinajstić information content (AvgIpc) is 3.05. The molecule has 3 nitrogen and oxygen atoms in total.